The van der Waals surface area contributed by atoms with Crippen LogP contribution in [0.1, 0.15) is 19.0 Å². The lowest BCUT2D eigenvalue weighted by Crippen LogP contribution is -2.29. The van der Waals surface area contributed by atoms with E-state index in [9.17, 15) is 4.79 Å². The zero-order valence-corrected chi connectivity index (χ0v) is 8.57. The predicted molar refractivity (Wildman–Crippen MR) is 54.2 cm³/mol. The molecular formula is C8H13N3OS. The summed E-state index contributed by atoms with van der Waals surface area (Å²) in [6.07, 6.45) is 0.935. The second-order valence-corrected chi connectivity index (χ2v) is 3.53. The number of hydrogen-bond acceptors (Lipinski definition) is 3. The monoisotopic (exact) mass is 199 g/mol. The Morgan fingerprint density at radius 2 is 2.46 bits per heavy atom. The molecule has 0 bridgehead atoms. The summed E-state index contributed by atoms with van der Waals surface area (Å²) in [5, 5.41) is 7.90. The average Bonchev–Trinajstić information content (AvgIpc) is 2.48. The molecular weight excluding hydrogens is 186 g/mol. The van der Waals surface area contributed by atoms with E-state index < -0.39 is 0 Å². The fourth-order valence-electron chi connectivity index (χ4n) is 0.791. The van der Waals surface area contributed by atoms with E-state index in [1.165, 1.54) is 11.3 Å². The van der Waals surface area contributed by atoms with Crippen molar-refractivity contribution in [2.24, 2.45) is 0 Å². The minimum Gasteiger partial charge on any atom is -0.338 e. The molecule has 0 spiro atoms. The highest BCUT2D eigenvalue weighted by Crippen LogP contribution is 2.13. The van der Waals surface area contributed by atoms with E-state index in [0.717, 1.165) is 12.1 Å². The van der Waals surface area contributed by atoms with E-state index in [4.69, 9.17) is 0 Å². The summed E-state index contributed by atoms with van der Waals surface area (Å²) < 4.78 is 0. The second-order valence-electron chi connectivity index (χ2n) is 2.67. The maximum atomic E-state index is 11.1. The molecule has 0 aliphatic carbocycles. The summed E-state index contributed by atoms with van der Waals surface area (Å²) in [5.74, 6) is 0. The SMILES string of the molecule is CCCNC(=O)Nc1nc(C)cs1. The van der Waals surface area contributed by atoms with Gasteiger partial charge in [-0.15, -0.1) is 11.3 Å². The van der Waals surface area contributed by atoms with Gasteiger partial charge in [-0.1, -0.05) is 6.92 Å². The van der Waals surface area contributed by atoms with Gasteiger partial charge in [0, 0.05) is 11.9 Å². The van der Waals surface area contributed by atoms with Crippen molar-refractivity contribution in [2.45, 2.75) is 20.3 Å². The van der Waals surface area contributed by atoms with Crippen molar-refractivity contribution in [3.8, 4) is 0 Å². The standard InChI is InChI=1S/C8H13N3OS/c1-3-4-9-7(12)11-8-10-6(2)5-13-8/h5H,3-4H2,1-2H3,(H2,9,10,11,12). The molecule has 1 aromatic rings. The lowest BCUT2D eigenvalue weighted by molar-refractivity contribution is 0.252. The van der Waals surface area contributed by atoms with Crippen LogP contribution in [0.25, 0.3) is 0 Å². The Kier molecular flexibility index (Phi) is 3.70. The van der Waals surface area contributed by atoms with Crippen LogP contribution in [-0.2, 0) is 0 Å². The molecule has 0 radical (unpaired) electrons. The highest BCUT2D eigenvalue weighted by atomic mass is 32.1. The minimum absolute atomic E-state index is 0.184. The van der Waals surface area contributed by atoms with Crippen molar-refractivity contribution >= 4 is 22.5 Å². The Balaban J connectivity index is 2.36. The highest BCUT2D eigenvalue weighted by Gasteiger charge is 2.02. The quantitative estimate of drug-likeness (QED) is 0.782. The van der Waals surface area contributed by atoms with E-state index in [1.54, 1.807) is 0 Å². The molecule has 13 heavy (non-hydrogen) atoms. The molecule has 0 atom stereocenters. The van der Waals surface area contributed by atoms with Gasteiger partial charge in [0.1, 0.15) is 0 Å². The maximum absolute atomic E-state index is 11.1. The molecule has 1 heterocycles. The van der Waals surface area contributed by atoms with Crippen molar-refractivity contribution in [2.75, 3.05) is 11.9 Å². The average molecular weight is 199 g/mol. The largest absolute Gasteiger partial charge is 0.338 e. The van der Waals surface area contributed by atoms with Gasteiger partial charge < -0.3 is 5.32 Å². The minimum atomic E-state index is -0.184. The van der Waals surface area contributed by atoms with Gasteiger partial charge >= 0.3 is 6.03 Å². The number of hydrogen-bond donors (Lipinski definition) is 2. The summed E-state index contributed by atoms with van der Waals surface area (Å²) in [5.41, 5.74) is 0.927. The van der Waals surface area contributed by atoms with Gasteiger partial charge in [0.15, 0.2) is 5.13 Å². The zero-order valence-electron chi connectivity index (χ0n) is 7.76. The number of nitrogens with zero attached hydrogens (tertiary/aromatic N) is 1. The number of aromatic nitrogens is 1. The Morgan fingerprint density at radius 3 is 3.00 bits per heavy atom. The molecule has 0 unspecified atom stereocenters. The first-order chi connectivity index (χ1) is 6.22. The van der Waals surface area contributed by atoms with E-state index in [0.29, 0.717) is 11.7 Å². The van der Waals surface area contributed by atoms with Gasteiger partial charge in [-0.2, -0.15) is 0 Å². The van der Waals surface area contributed by atoms with E-state index >= 15 is 0 Å². The van der Waals surface area contributed by atoms with Gasteiger partial charge in [0.05, 0.1) is 5.69 Å². The Hall–Kier alpha value is -1.10. The molecule has 1 rings (SSSR count). The van der Waals surface area contributed by atoms with Crippen molar-refractivity contribution in [3.05, 3.63) is 11.1 Å². The first-order valence-corrected chi connectivity index (χ1v) is 5.07. The summed E-state index contributed by atoms with van der Waals surface area (Å²) in [4.78, 5) is 15.2. The van der Waals surface area contributed by atoms with Gasteiger partial charge in [-0.25, -0.2) is 9.78 Å². The Bertz CT molecular complexity index is 285. The molecule has 5 heteroatoms. The predicted octanol–water partition coefficient (Wildman–Crippen LogP) is 1.98. The number of nitrogens with one attached hydrogen (secondary N) is 2. The van der Waals surface area contributed by atoms with Crippen molar-refractivity contribution in [1.82, 2.24) is 10.3 Å². The van der Waals surface area contributed by atoms with Gasteiger partial charge in [0.2, 0.25) is 0 Å². The van der Waals surface area contributed by atoms with Crippen LogP contribution in [0.2, 0.25) is 0 Å². The Labute approximate surface area is 81.4 Å². The summed E-state index contributed by atoms with van der Waals surface area (Å²) >= 11 is 1.43. The molecule has 4 nitrogen and oxygen atoms in total. The summed E-state index contributed by atoms with van der Waals surface area (Å²) in [6.45, 7) is 4.59. The third kappa shape index (κ3) is 3.42. The van der Waals surface area contributed by atoms with Crippen LogP contribution in [0.3, 0.4) is 0 Å². The number of carbonyl (C=O) groups is 1. The summed E-state index contributed by atoms with van der Waals surface area (Å²) in [7, 11) is 0. The smallest absolute Gasteiger partial charge is 0.321 e. The molecule has 72 valence electrons. The molecule has 0 saturated heterocycles. The topological polar surface area (TPSA) is 54.0 Å². The van der Waals surface area contributed by atoms with Gasteiger partial charge in [0.25, 0.3) is 0 Å². The lowest BCUT2D eigenvalue weighted by atomic mass is 10.5. The number of urea groups is 1. The molecule has 2 N–H and O–H groups in total. The normalized spacial score (nSPS) is 9.69. The number of thiazole rings is 1. The lowest BCUT2D eigenvalue weighted by Gasteiger charge is -2.02. The van der Waals surface area contributed by atoms with Crippen LogP contribution >= 0.6 is 11.3 Å². The molecule has 0 aliphatic rings. The van der Waals surface area contributed by atoms with Crippen LogP contribution in [-0.4, -0.2) is 17.6 Å². The first-order valence-electron chi connectivity index (χ1n) is 4.19. The van der Waals surface area contributed by atoms with Gasteiger partial charge in [-0.05, 0) is 13.3 Å². The third-order valence-corrected chi connectivity index (χ3v) is 2.25. The highest BCUT2D eigenvalue weighted by molar-refractivity contribution is 7.13. The van der Waals surface area contributed by atoms with Crippen LogP contribution in [0.4, 0.5) is 9.93 Å². The van der Waals surface area contributed by atoms with Crippen LogP contribution in [0, 0.1) is 6.92 Å². The Morgan fingerprint density at radius 1 is 1.69 bits per heavy atom. The van der Waals surface area contributed by atoms with Crippen molar-refractivity contribution in [1.29, 1.82) is 0 Å². The van der Waals surface area contributed by atoms with Crippen molar-refractivity contribution < 1.29 is 4.79 Å². The van der Waals surface area contributed by atoms with Crippen LogP contribution < -0.4 is 10.6 Å². The van der Waals surface area contributed by atoms with E-state index in [-0.39, 0.29) is 6.03 Å². The van der Waals surface area contributed by atoms with Crippen LogP contribution in [0.15, 0.2) is 5.38 Å². The maximum Gasteiger partial charge on any atom is 0.321 e. The number of anilines is 1. The number of aryl methyl sites for hydroxylation is 1. The molecule has 0 saturated carbocycles. The molecule has 0 aliphatic heterocycles. The molecule has 0 aromatic carbocycles. The fourth-order valence-corrected chi connectivity index (χ4v) is 1.47. The summed E-state index contributed by atoms with van der Waals surface area (Å²) in [6, 6.07) is -0.184. The second kappa shape index (κ2) is 4.81. The number of carbonyl (C=O) groups excluding carboxylic acids is 1. The van der Waals surface area contributed by atoms with E-state index in [2.05, 4.69) is 15.6 Å². The number of rotatable bonds is 3. The molecule has 0 fully saturated rings. The van der Waals surface area contributed by atoms with Crippen molar-refractivity contribution in [3.63, 3.8) is 0 Å². The molecule has 2 amide bonds. The van der Waals surface area contributed by atoms with E-state index in [1.807, 2.05) is 19.2 Å². The van der Waals surface area contributed by atoms with Crippen LogP contribution in [0.5, 0.6) is 0 Å². The van der Waals surface area contributed by atoms with Gasteiger partial charge in [-0.3, -0.25) is 5.32 Å². The third-order valence-electron chi connectivity index (χ3n) is 1.38. The first kappa shape index (κ1) is 9.98. The number of amides is 2. The molecule has 1 aromatic heterocycles. The fraction of sp³-hybridized carbons (Fsp3) is 0.500. The zero-order chi connectivity index (χ0) is 9.68.